The molecule has 1 aromatic rings. The fraction of sp³-hybridized carbons (Fsp3) is 0.600. The van der Waals surface area contributed by atoms with Gasteiger partial charge in [-0.3, -0.25) is 4.79 Å². The van der Waals surface area contributed by atoms with Crippen LogP contribution in [0.3, 0.4) is 0 Å². The molecule has 2 rings (SSSR count). The Morgan fingerprint density at radius 2 is 2.00 bits per heavy atom. The normalized spacial score (nSPS) is 22.8. The van der Waals surface area contributed by atoms with Crippen LogP contribution >= 0.6 is 0 Å². The molecule has 1 amide bonds. The van der Waals surface area contributed by atoms with Gasteiger partial charge in [-0.25, -0.2) is 13.2 Å². The fourth-order valence-electron chi connectivity index (χ4n) is 2.93. The number of aromatic amines is 1. The number of carbonyl (C=O) groups excluding carboxylic acids is 2. The van der Waals surface area contributed by atoms with Crippen LogP contribution in [0.25, 0.3) is 0 Å². The molecule has 1 aromatic heterocycles. The molecule has 2 N–H and O–H groups in total. The number of carbonyl (C=O) groups is 2. The van der Waals surface area contributed by atoms with Gasteiger partial charge in [0.15, 0.2) is 9.84 Å². The molecule has 0 saturated carbocycles. The molecular formula is C15H22N2O5S. The lowest BCUT2D eigenvalue weighted by Crippen LogP contribution is -2.47. The van der Waals surface area contributed by atoms with Crippen molar-refractivity contribution in [2.75, 3.05) is 18.1 Å². The van der Waals surface area contributed by atoms with E-state index in [1.807, 2.05) is 0 Å². The van der Waals surface area contributed by atoms with Crippen molar-refractivity contribution >= 4 is 21.7 Å². The summed E-state index contributed by atoms with van der Waals surface area (Å²) in [6.07, 6.45) is 0.380. The van der Waals surface area contributed by atoms with Crippen LogP contribution in [0.1, 0.15) is 52.4 Å². The van der Waals surface area contributed by atoms with E-state index in [9.17, 15) is 18.0 Å². The molecule has 0 aliphatic carbocycles. The van der Waals surface area contributed by atoms with Crippen molar-refractivity contribution in [1.29, 1.82) is 0 Å². The highest BCUT2D eigenvalue weighted by Crippen LogP contribution is 2.25. The lowest BCUT2D eigenvalue weighted by atomic mass is 10.0. The number of sulfone groups is 1. The second kappa shape index (κ2) is 5.99. The number of aromatic nitrogens is 1. The molecule has 8 heteroatoms. The first-order valence-corrected chi connectivity index (χ1v) is 9.30. The van der Waals surface area contributed by atoms with Gasteiger partial charge in [-0.1, -0.05) is 0 Å². The van der Waals surface area contributed by atoms with Crippen LogP contribution in [-0.4, -0.2) is 48.9 Å². The topological polar surface area (TPSA) is 105 Å². The smallest absolute Gasteiger partial charge is 0.340 e. The number of H-pyrrole nitrogens is 1. The average Bonchev–Trinajstić information content (AvgIpc) is 2.86. The third-order valence-electron chi connectivity index (χ3n) is 4.06. The Bertz CT molecular complexity index is 750. The zero-order valence-electron chi connectivity index (χ0n) is 13.8. The molecular weight excluding hydrogens is 320 g/mol. The highest BCUT2D eigenvalue weighted by Gasteiger charge is 2.40. The van der Waals surface area contributed by atoms with Crippen LogP contribution in [0.5, 0.6) is 0 Å². The summed E-state index contributed by atoms with van der Waals surface area (Å²) in [6, 6.07) is 0. The van der Waals surface area contributed by atoms with Crippen LogP contribution in [0, 0.1) is 13.8 Å². The Morgan fingerprint density at radius 3 is 2.52 bits per heavy atom. The number of nitrogens with one attached hydrogen (secondary N) is 2. The van der Waals surface area contributed by atoms with Crippen molar-refractivity contribution in [3.05, 3.63) is 22.5 Å². The van der Waals surface area contributed by atoms with Gasteiger partial charge in [0.2, 0.25) is 0 Å². The Hall–Kier alpha value is -1.83. The van der Waals surface area contributed by atoms with Crippen LogP contribution in [0.4, 0.5) is 0 Å². The molecule has 1 saturated heterocycles. The maximum Gasteiger partial charge on any atom is 0.340 e. The Balaban J connectivity index is 2.24. The van der Waals surface area contributed by atoms with Gasteiger partial charge in [0.1, 0.15) is 5.69 Å². The maximum atomic E-state index is 12.5. The molecule has 128 valence electrons. The standard InChI is InChI=1S/C15H22N2O5S/c1-5-22-14(19)11-9(2)12(16-10(11)3)13(18)17-15(4)6-7-23(20,21)8-15/h16H,5-8H2,1-4H3,(H,17,18)/t15-/m0/s1. The van der Waals surface area contributed by atoms with Gasteiger partial charge in [-0.15, -0.1) is 0 Å². The summed E-state index contributed by atoms with van der Waals surface area (Å²) in [5.74, 6) is -0.899. The molecule has 1 aliphatic rings. The van der Waals surface area contributed by atoms with Crippen molar-refractivity contribution < 1.29 is 22.7 Å². The number of hydrogen-bond acceptors (Lipinski definition) is 5. The van der Waals surface area contributed by atoms with Gasteiger partial charge < -0.3 is 15.0 Å². The van der Waals surface area contributed by atoms with Gasteiger partial charge in [0, 0.05) is 5.69 Å². The molecule has 1 fully saturated rings. The minimum atomic E-state index is -3.11. The average molecular weight is 342 g/mol. The second-order valence-corrected chi connectivity index (χ2v) is 8.39. The predicted octanol–water partition coefficient (Wildman–Crippen LogP) is 1.12. The van der Waals surface area contributed by atoms with Crippen molar-refractivity contribution in [2.24, 2.45) is 0 Å². The molecule has 7 nitrogen and oxygen atoms in total. The summed E-state index contributed by atoms with van der Waals surface area (Å²) in [6.45, 7) is 7.04. The van der Waals surface area contributed by atoms with Crippen molar-refractivity contribution in [1.82, 2.24) is 10.3 Å². The fourth-order valence-corrected chi connectivity index (χ4v) is 5.03. The third-order valence-corrected chi connectivity index (χ3v) is 5.97. The summed E-state index contributed by atoms with van der Waals surface area (Å²) in [5.41, 5.74) is 0.876. The second-order valence-electron chi connectivity index (χ2n) is 6.20. The molecule has 1 atom stereocenters. The highest BCUT2D eigenvalue weighted by atomic mass is 32.2. The van der Waals surface area contributed by atoms with Crippen molar-refractivity contribution in [2.45, 2.75) is 39.7 Å². The van der Waals surface area contributed by atoms with Gasteiger partial charge in [0.25, 0.3) is 5.91 Å². The first-order chi connectivity index (χ1) is 10.6. The van der Waals surface area contributed by atoms with Gasteiger partial charge in [0.05, 0.1) is 29.2 Å². The summed E-state index contributed by atoms with van der Waals surface area (Å²) >= 11 is 0. The molecule has 2 heterocycles. The van der Waals surface area contributed by atoms with E-state index < -0.39 is 27.3 Å². The van der Waals surface area contributed by atoms with Crippen LogP contribution in [0.2, 0.25) is 0 Å². The van der Waals surface area contributed by atoms with E-state index in [0.29, 0.717) is 23.2 Å². The summed E-state index contributed by atoms with van der Waals surface area (Å²) < 4.78 is 28.3. The van der Waals surface area contributed by atoms with Gasteiger partial charge >= 0.3 is 5.97 Å². The minimum absolute atomic E-state index is 0.0700. The van der Waals surface area contributed by atoms with Crippen LogP contribution < -0.4 is 5.32 Å². The quantitative estimate of drug-likeness (QED) is 0.798. The van der Waals surface area contributed by atoms with Gasteiger partial charge in [-0.2, -0.15) is 0 Å². The summed E-state index contributed by atoms with van der Waals surface area (Å²) in [7, 11) is -3.11. The van der Waals surface area contributed by atoms with Crippen molar-refractivity contribution in [3.8, 4) is 0 Å². The van der Waals surface area contributed by atoms with Crippen LogP contribution in [0.15, 0.2) is 0 Å². The predicted molar refractivity (Wildman–Crippen MR) is 85.4 cm³/mol. The van der Waals surface area contributed by atoms with E-state index in [-0.39, 0.29) is 23.8 Å². The Kier molecular flexibility index (Phi) is 4.57. The summed E-state index contributed by atoms with van der Waals surface area (Å²) in [5, 5.41) is 2.78. The van der Waals surface area contributed by atoms with E-state index in [2.05, 4.69) is 10.3 Å². The van der Waals surface area contributed by atoms with Crippen molar-refractivity contribution in [3.63, 3.8) is 0 Å². The highest BCUT2D eigenvalue weighted by molar-refractivity contribution is 7.91. The number of esters is 1. The Morgan fingerprint density at radius 1 is 1.35 bits per heavy atom. The number of ether oxygens (including phenoxy) is 1. The van der Waals surface area contributed by atoms with E-state index in [1.54, 1.807) is 27.7 Å². The third kappa shape index (κ3) is 3.57. The lowest BCUT2D eigenvalue weighted by Gasteiger charge is -2.23. The monoisotopic (exact) mass is 342 g/mol. The minimum Gasteiger partial charge on any atom is -0.462 e. The van der Waals surface area contributed by atoms with E-state index >= 15 is 0 Å². The van der Waals surface area contributed by atoms with Gasteiger partial charge in [-0.05, 0) is 39.7 Å². The Labute approximate surface area is 135 Å². The SMILES string of the molecule is CCOC(=O)c1c(C)[nH]c(C(=O)N[C@@]2(C)CCS(=O)(=O)C2)c1C. The first kappa shape index (κ1) is 17.5. The number of hydrogen-bond donors (Lipinski definition) is 2. The summed E-state index contributed by atoms with van der Waals surface area (Å²) in [4.78, 5) is 27.4. The van der Waals surface area contributed by atoms with E-state index in [0.717, 1.165) is 0 Å². The number of rotatable bonds is 4. The molecule has 0 aromatic carbocycles. The molecule has 0 spiro atoms. The lowest BCUT2D eigenvalue weighted by molar-refractivity contribution is 0.0525. The maximum absolute atomic E-state index is 12.5. The number of amides is 1. The number of aryl methyl sites for hydroxylation is 1. The molecule has 0 unspecified atom stereocenters. The van der Waals surface area contributed by atoms with Crippen LogP contribution in [-0.2, 0) is 14.6 Å². The molecule has 23 heavy (non-hydrogen) atoms. The zero-order valence-corrected chi connectivity index (χ0v) is 14.6. The first-order valence-electron chi connectivity index (χ1n) is 7.48. The zero-order chi connectivity index (χ0) is 17.4. The van der Waals surface area contributed by atoms with E-state index in [4.69, 9.17) is 4.74 Å². The molecule has 1 aliphatic heterocycles. The molecule has 0 radical (unpaired) electrons. The largest absolute Gasteiger partial charge is 0.462 e. The molecule has 0 bridgehead atoms. The van der Waals surface area contributed by atoms with E-state index in [1.165, 1.54) is 0 Å².